The van der Waals surface area contributed by atoms with Crippen molar-refractivity contribution in [3.63, 3.8) is 0 Å². The summed E-state index contributed by atoms with van der Waals surface area (Å²) in [6, 6.07) is 11.9. The molecule has 1 amide bonds. The Hall–Kier alpha value is -3.42. The lowest BCUT2D eigenvalue weighted by atomic mass is 10.3. The van der Waals surface area contributed by atoms with Crippen LogP contribution in [0.5, 0.6) is 11.5 Å². The van der Waals surface area contributed by atoms with Gasteiger partial charge in [-0.15, -0.1) is 0 Å². The minimum absolute atomic E-state index is 0.0812. The zero-order chi connectivity index (χ0) is 19.4. The molecule has 6 nitrogen and oxygen atoms in total. The average molecular weight is 373 g/mol. The van der Waals surface area contributed by atoms with Gasteiger partial charge in [-0.2, -0.15) is 5.10 Å². The van der Waals surface area contributed by atoms with Crippen molar-refractivity contribution in [2.24, 2.45) is 5.73 Å². The molecule has 140 valence electrons. The van der Waals surface area contributed by atoms with Crippen LogP contribution in [0.2, 0.25) is 0 Å². The fraction of sp³-hybridized carbons (Fsp3) is 0.158. The van der Waals surface area contributed by atoms with E-state index >= 15 is 0 Å². The SMILES string of the molecule is CC(Oc1cccc(OCc2ccn(-c3c(F)cccc3F)n2)c1)C(N)=O. The molecule has 3 rings (SSSR count). The van der Waals surface area contributed by atoms with E-state index < -0.39 is 23.6 Å². The lowest BCUT2D eigenvalue weighted by Crippen LogP contribution is -2.30. The summed E-state index contributed by atoms with van der Waals surface area (Å²) in [4.78, 5) is 11.1. The van der Waals surface area contributed by atoms with Crippen molar-refractivity contribution in [1.29, 1.82) is 0 Å². The molecule has 0 aliphatic rings. The highest BCUT2D eigenvalue weighted by atomic mass is 19.1. The number of ether oxygens (including phenoxy) is 2. The van der Waals surface area contributed by atoms with Gasteiger partial charge in [0.1, 0.15) is 29.5 Å². The first-order valence-electron chi connectivity index (χ1n) is 8.12. The third-order valence-electron chi connectivity index (χ3n) is 3.72. The van der Waals surface area contributed by atoms with E-state index in [1.165, 1.54) is 12.3 Å². The van der Waals surface area contributed by atoms with Gasteiger partial charge in [-0.1, -0.05) is 12.1 Å². The van der Waals surface area contributed by atoms with Gasteiger partial charge < -0.3 is 15.2 Å². The number of carbonyl (C=O) groups excluding carboxylic acids is 1. The van der Waals surface area contributed by atoms with Crippen LogP contribution in [0.4, 0.5) is 8.78 Å². The van der Waals surface area contributed by atoms with Crippen molar-refractivity contribution in [2.75, 3.05) is 0 Å². The fourth-order valence-electron chi connectivity index (χ4n) is 2.33. The van der Waals surface area contributed by atoms with E-state index in [1.54, 1.807) is 37.3 Å². The number of nitrogens with two attached hydrogens (primary N) is 1. The molecule has 0 saturated carbocycles. The predicted molar refractivity (Wildman–Crippen MR) is 93.5 cm³/mol. The molecular weight excluding hydrogens is 356 g/mol. The number of nitrogens with zero attached hydrogens (tertiary/aromatic N) is 2. The minimum Gasteiger partial charge on any atom is -0.487 e. The van der Waals surface area contributed by atoms with E-state index in [2.05, 4.69) is 5.10 Å². The molecule has 0 spiro atoms. The topological polar surface area (TPSA) is 79.4 Å². The summed E-state index contributed by atoms with van der Waals surface area (Å²) in [5.41, 5.74) is 5.40. The lowest BCUT2D eigenvalue weighted by Gasteiger charge is -2.12. The van der Waals surface area contributed by atoms with Gasteiger partial charge in [0, 0.05) is 12.3 Å². The summed E-state index contributed by atoms with van der Waals surface area (Å²) in [6.45, 7) is 1.63. The van der Waals surface area contributed by atoms with Gasteiger partial charge >= 0.3 is 0 Å². The van der Waals surface area contributed by atoms with Gasteiger partial charge in [0.25, 0.3) is 5.91 Å². The van der Waals surface area contributed by atoms with Crippen LogP contribution >= 0.6 is 0 Å². The number of primary amides is 1. The number of para-hydroxylation sites is 1. The number of amides is 1. The molecule has 0 radical (unpaired) electrons. The van der Waals surface area contributed by atoms with E-state index in [1.807, 2.05) is 0 Å². The van der Waals surface area contributed by atoms with Crippen LogP contribution in [0, 0.1) is 11.6 Å². The van der Waals surface area contributed by atoms with Crippen molar-refractivity contribution in [3.05, 3.63) is 72.1 Å². The monoisotopic (exact) mass is 373 g/mol. The highest BCUT2D eigenvalue weighted by molar-refractivity contribution is 5.78. The van der Waals surface area contributed by atoms with Gasteiger partial charge in [0.2, 0.25) is 0 Å². The molecule has 8 heteroatoms. The first-order valence-corrected chi connectivity index (χ1v) is 8.12. The maximum absolute atomic E-state index is 13.8. The smallest absolute Gasteiger partial charge is 0.258 e. The number of halogens is 2. The molecule has 0 bridgehead atoms. The molecular formula is C19H17F2N3O3. The molecule has 3 aromatic rings. The van der Waals surface area contributed by atoms with Gasteiger partial charge in [-0.05, 0) is 37.3 Å². The molecule has 0 aliphatic heterocycles. The van der Waals surface area contributed by atoms with Gasteiger partial charge in [-0.25, -0.2) is 13.5 Å². The summed E-state index contributed by atoms with van der Waals surface area (Å²) >= 11 is 0. The molecule has 0 saturated heterocycles. The summed E-state index contributed by atoms with van der Waals surface area (Å²) in [7, 11) is 0. The highest BCUT2D eigenvalue weighted by Crippen LogP contribution is 2.22. The van der Waals surface area contributed by atoms with Crippen molar-refractivity contribution < 1.29 is 23.0 Å². The molecule has 0 aliphatic carbocycles. The standard InChI is InChI=1S/C19H17F2N3O3/c1-12(19(22)25)27-15-5-2-4-14(10-15)26-11-13-8-9-24(23-13)18-16(20)6-3-7-17(18)21/h2-10,12H,11H2,1H3,(H2,22,25). The minimum atomic E-state index is -0.772. The number of benzene rings is 2. The van der Waals surface area contributed by atoms with E-state index in [0.29, 0.717) is 17.2 Å². The molecule has 0 fully saturated rings. The summed E-state index contributed by atoms with van der Waals surface area (Å²) < 4.78 is 39.8. The molecule has 1 unspecified atom stereocenters. The Morgan fingerprint density at radius 2 is 1.81 bits per heavy atom. The lowest BCUT2D eigenvalue weighted by molar-refractivity contribution is -0.123. The Morgan fingerprint density at radius 1 is 1.15 bits per heavy atom. The van der Waals surface area contributed by atoms with Crippen molar-refractivity contribution in [1.82, 2.24) is 9.78 Å². The van der Waals surface area contributed by atoms with Crippen molar-refractivity contribution in [2.45, 2.75) is 19.6 Å². The van der Waals surface area contributed by atoms with Crippen LogP contribution in [-0.4, -0.2) is 21.8 Å². The third kappa shape index (κ3) is 4.41. The van der Waals surface area contributed by atoms with Crippen LogP contribution in [0.3, 0.4) is 0 Å². The number of carbonyl (C=O) groups is 1. The van der Waals surface area contributed by atoms with Crippen LogP contribution in [0.1, 0.15) is 12.6 Å². The van der Waals surface area contributed by atoms with E-state index in [-0.39, 0.29) is 12.3 Å². The maximum Gasteiger partial charge on any atom is 0.258 e. The Morgan fingerprint density at radius 3 is 2.52 bits per heavy atom. The highest BCUT2D eigenvalue weighted by Gasteiger charge is 2.13. The molecule has 1 atom stereocenters. The van der Waals surface area contributed by atoms with Crippen LogP contribution in [0.15, 0.2) is 54.7 Å². The van der Waals surface area contributed by atoms with E-state index in [9.17, 15) is 13.6 Å². The van der Waals surface area contributed by atoms with E-state index in [4.69, 9.17) is 15.2 Å². The average Bonchev–Trinajstić information content (AvgIpc) is 3.08. The number of hydrogen-bond donors (Lipinski definition) is 1. The molecule has 2 N–H and O–H groups in total. The second-order valence-corrected chi connectivity index (χ2v) is 5.75. The Kier molecular flexibility index (Phi) is 5.35. The molecule has 1 aromatic heterocycles. The van der Waals surface area contributed by atoms with Gasteiger partial charge in [-0.3, -0.25) is 4.79 Å². The normalized spacial score (nSPS) is 11.8. The molecule has 2 aromatic carbocycles. The second-order valence-electron chi connectivity index (χ2n) is 5.75. The molecule has 1 heterocycles. The van der Waals surface area contributed by atoms with Crippen LogP contribution in [0.25, 0.3) is 5.69 Å². The Balaban J connectivity index is 1.68. The third-order valence-corrected chi connectivity index (χ3v) is 3.72. The fourth-order valence-corrected chi connectivity index (χ4v) is 2.33. The Labute approximate surface area is 154 Å². The quantitative estimate of drug-likeness (QED) is 0.691. The van der Waals surface area contributed by atoms with Crippen LogP contribution < -0.4 is 15.2 Å². The number of rotatable bonds is 7. The number of aromatic nitrogens is 2. The van der Waals surface area contributed by atoms with Crippen LogP contribution in [-0.2, 0) is 11.4 Å². The van der Waals surface area contributed by atoms with Gasteiger partial charge in [0.15, 0.2) is 17.7 Å². The number of hydrogen-bond acceptors (Lipinski definition) is 4. The first kappa shape index (κ1) is 18.4. The summed E-state index contributed by atoms with van der Waals surface area (Å²) in [5.74, 6) is -1.08. The second kappa shape index (κ2) is 7.86. The van der Waals surface area contributed by atoms with Crippen molar-refractivity contribution >= 4 is 5.91 Å². The summed E-state index contributed by atoms with van der Waals surface area (Å²) in [5, 5.41) is 4.13. The predicted octanol–water partition coefficient (Wildman–Crippen LogP) is 2.98. The van der Waals surface area contributed by atoms with Gasteiger partial charge in [0.05, 0.1) is 0 Å². The summed E-state index contributed by atoms with van der Waals surface area (Å²) in [6.07, 6.45) is 0.681. The zero-order valence-electron chi connectivity index (χ0n) is 14.4. The zero-order valence-corrected chi connectivity index (χ0v) is 14.4. The maximum atomic E-state index is 13.8. The van der Waals surface area contributed by atoms with Crippen molar-refractivity contribution in [3.8, 4) is 17.2 Å². The largest absolute Gasteiger partial charge is 0.487 e. The Bertz CT molecular complexity index is 939. The van der Waals surface area contributed by atoms with E-state index in [0.717, 1.165) is 16.8 Å². The molecule has 27 heavy (non-hydrogen) atoms. The first-order chi connectivity index (χ1) is 12.9.